The molecule has 166 valence electrons. The number of carbonyl (C=O) groups excluding carboxylic acids is 1. The van der Waals surface area contributed by atoms with Crippen LogP contribution in [-0.4, -0.2) is 45.3 Å². The molecule has 0 atom stereocenters. The number of benzene rings is 2. The van der Waals surface area contributed by atoms with Gasteiger partial charge in [-0.25, -0.2) is 4.39 Å². The Morgan fingerprint density at radius 1 is 1.12 bits per heavy atom. The van der Waals surface area contributed by atoms with Crippen LogP contribution in [0.1, 0.15) is 24.2 Å². The van der Waals surface area contributed by atoms with Crippen molar-refractivity contribution in [3.8, 4) is 0 Å². The summed E-state index contributed by atoms with van der Waals surface area (Å²) in [5.41, 5.74) is 1.25. The Labute approximate surface area is 183 Å². The summed E-state index contributed by atoms with van der Waals surface area (Å²) in [7, 11) is 1.62. The van der Waals surface area contributed by atoms with E-state index in [2.05, 4.69) is 15.5 Å². The topological polar surface area (TPSA) is 90.5 Å². The monoisotopic (exact) mass is 437 g/mol. The molecule has 4 rings (SSSR count). The molecule has 0 saturated heterocycles. The predicted octanol–water partition coefficient (Wildman–Crippen LogP) is 2.32. The lowest BCUT2D eigenvalue weighted by atomic mass is 10.2. The normalized spacial score (nSPS) is 11.3. The van der Waals surface area contributed by atoms with Gasteiger partial charge in [0.1, 0.15) is 11.6 Å². The van der Waals surface area contributed by atoms with Gasteiger partial charge in [-0.3, -0.25) is 18.6 Å². The minimum absolute atomic E-state index is 0.0817. The van der Waals surface area contributed by atoms with Crippen molar-refractivity contribution in [2.24, 2.45) is 0 Å². The van der Waals surface area contributed by atoms with E-state index in [-0.39, 0.29) is 30.2 Å². The first-order valence-electron chi connectivity index (χ1n) is 10.4. The standard InChI is InChI=1S/C23H24FN5O3/c1-32-14-4-13-25-21(30)12-11-20-26-27-23-28(15-16-7-9-17(24)10-8-16)22(31)18-5-2-3-6-19(18)29(20)23/h2-3,5-10H,4,11-15H2,1H3,(H,25,30). The highest BCUT2D eigenvalue weighted by Gasteiger charge is 2.17. The van der Waals surface area contributed by atoms with E-state index in [0.717, 1.165) is 12.0 Å². The smallest absolute Gasteiger partial charge is 0.263 e. The molecule has 0 spiro atoms. The van der Waals surface area contributed by atoms with Gasteiger partial charge in [-0.2, -0.15) is 0 Å². The summed E-state index contributed by atoms with van der Waals surface area (Å²) in [5.74, 6) is 0.557. The molecule has 1 N–H and O–H groups in total. The second kappa shape index (κ2) is 9.69. The molecule has 9 heteroatoms. The summed E-state index contributed by atoms with van der Waals surface area (Å²) in [6.07, 6.45) is 1.37. The zero-order chi connectivity index (χ0) is 22.5. The number of para-hydroxylation sites is 1. The number of methoxy groups -OCH3 is 1. The van der Waals surface area contributed by atoms with E-state index in [1.54, 1.807) is 31.4 Å². The number of ether oxygens (including phenoxy) is 1. The van der Waals surface area contributed by atoms with Crippen molar-refractivity contribution in [1.82, 2.24) is 24.5 Å². The molecule has 0 saturated carbocycles. The Morgan fingerprint density at radius 3 is 2.69 bits per heavy atom. The van der Waals surface area contributed by atoms with E-state index in [1.165, 1.54) is 16.7 Å². The van der Waals surface area contributed by atoms with E-state index < -0.39 is 0 Å². The molecule has 4 aromatic rings. The lowest BCUT2D eigenvalue weighted by Crippen LogP contribution is -2.26. The highest BCUT2D eigenvalue weighted by atomic mass is 19.1. The Kier molecular flexibility index (Phi) is 6.55. The number of rotatable bonds is 9. The largest absolute Gasteiger partial charge is 0.385 e. The molecule has 2 heterocycles. The Hall–Kier alpha value is -3.59. The van der Waals surface area contributed by atoms with Crippen LogP contribution >= 0.6 is 0 Å². The lowest BCUT2D eigenvalue weighted by molar-refractivity contribution is -0.121. The van der Waals surface area contributed by atoms with Crippen molar-refractivity contribution in [1.29, 1.82) is 0 Å². The van der Waals surface area contributed by atoms with Gasteiger partial charge in [0, 0.05) is 33.1 Å². The Balaban J connectivity index is 1.67. The number of fused-ring (bicyclic) bond motifs is 3. The summed E-state index contributed by atoms with van der Waals surface area (Å²) in [5, 5.41) is 11.9. The molecule has 32 heavy (non-hydrogen) atoms. The maximum absolute atomic E-state index is 13.3. The first kappa shape index (κ1) is 21.6. The van der Waals surface area contributed by atoms with Crippen LogP contribution in [0.3, 0.4) is 0 Å². The molecule has 0 aliphatic heterocycles. The van der Waals surface area contributed by atoms with Gasteiger partial charge in [0.05, 0.1) is 17.4 Å². The number of nitrogens with one attached hydrogen (secondary N) is 1. The molecule has 0 unspecified atom stereocenters. The summed E-state index contributed by atoms with van der Waals surface area (Å²) < 4.78 is 21.6. The van der Waals surface area contributed by atoms with Crippen LogP contribution in [0.2, 0.25) is 0 Å². The minimum Gasteiger partial charge on any atom is -0.385 e. The predicted molar refractivity (Wildman–Crippen MR) is 118 cm³/mol. The van der Waals surface area contributed by atoms with Crippen molar-refractivity contribution < 1.29 is 13.9 Å². The second-order valence-corrected chi connectivity index (χ2v) is 7.48. The maximum Gasteiger partial charge on any atom is 0.263 e. The van der Waals surface area contributed by atoms with Gasteiger partial charge >= 0.3 is 0 Å². The van der Waals surface area contributed by atoms with Crippen molar-refractivity contribution in [2.75, 3.05) is 20.3 Å². The average Bonchev–Trinajstić information content (AvgIpc) is 3.23. The second-order valence-electron chi connectivity index (χ2n) is 7.48. The molecule has 0 bridgehead atoms. The van der Waals surface area contributed by atoms with E-state index in [9.17, 15) is 14.0 Å². The first-order valence-corrected chi connectivity index (χ1v) is 10.4. The number of aryl methyl sites for hydroxylation is 1. The summed E-state index contributed by atoms with van der Waals surface area (Å²) in [4.78, 5) is 25.4. The van der Waals surface area contributed by atoms with E-state index in [1.807, 2.05) is 16.5 Å². The fourth-order valence-electron chi connectivity index (χ4n) is 3.65. The minimum atomic E-state index is -0.338. The van der Waals surface area contributed by atoms with Gasteiger partial charge in [0.2, 0.25) is 11.7 Å². The van der Waals surface area contributed by atoms with Crippen LogP contribution in [0.4, 0.5) is 4.39 Å². The molecule has 0 radical (unpaired) electrons. The molecule has 2 aromatic heterocycles. The molecule has 0 aliphatic carbocycles. The van der Waals surface area contributed by atoms with Crippen LogP contribution in [0, 0.1) is 5.82 Å². The van der Waals surface area contributed by atoms with Crippen LogP contribution in [0.5, 0.6) is 0 Å². The van der Waals surface area contributed by atoms with E-state index >= 15 is 0 Å². The van der Waals surface area contributed by atoms with Crippen molar-refractivity contribution in [3.05, 3.63) is 76.1 Å². The fraction of sp³-hybridized carbons (Fsp3) is 0.304. The van der Waals surface area contributed by atoms with Crippen LogP contribution in [0.15, 0.2) is 53.3 Å². The highest BCUT2D eigenvalue weighted by molar-refractivity contribution is 5.80. The SMILES string of the molecule is COCCCNC(=O)CCc1nnc2n(Cc3ccc(F)cc3)c(=O)c3ccccc3n12. The molecule has 0 aliphatic rings. The summed E-state index contributed by atoms with van der Waals surface area (Å²) >= 11 is 0. The van der Waals surface area contributed by atoms with E-state index in [0.29, 0.717) is 42.1 Å². The van der Waals surface area contributed by atoms with Gasteiger partial charge < -0.3 is 10.1 Å². The average molecular weight is 437 g/mol. The molecule has 8 nitrogen and oxygen atoms in total. The third-order valence-corrected chi connectivity index (χ3v) is 5.25. The Morgan fingerprint density at radius 2 is 1.91 bits per heavy atom. The van der Waals surface area contributed by atoms with Gasteiger partial charge in [-0.15, -0.1) is 10.2 Å². The number of hydrogen-bond donors (Lipinski definition) is 1. The molecule has 1 amide bonds. The zero-order valence-electron chi connectivity index (χ0n) is 17.8. The van der Waals surface area contributed by atoms with Gasteiger partial charge in [0.15, 0.2) is 0 Å². The quantitative estimate of drug-likeness (QED) is 0.406. The number of halogens is 1. The maximum atomic E-state index is 13.3. The van der Waals surface area contributed by atoms with E-state index in [4.69, 9.17) is 4.74 Å². The van der Waals surface area contributed by atoms with Crippen molar-refractivity contribution in [2.45, 2.75) is 25.8 Å². The molecular weight excluding hydrogens is 413 g/mol. The van der Waals surface area contributed by atoms with Crippen LogP contribution < -0.4 is 10.9 Å². The third kappa shape index (κ3) is 4.52. The lowest BCUT2D eigenvalue weighted by Gasteiger charge is -2.11. The van der Waals surface area contributed by atoms with Crippen molar-refractivity contribution >= 4 is 22.6 Å². The molecule has 0 fully saturated rings. The highest BCUT2D eigenvalue weighted by Crippen LogP contribution is 2.16. The van der Waals surface area contributed by atoms with Crippen LogP contribution in [0.25, 0.3) is 16.7 Å². The van der Waals surface area contributed by atoms with Gasteiger partial charge in [-0.1, -0.05) is 24.3 Å². The van der Waals surface area contributed by atoms with Gasteiger partial charge in [-0.05, 0) is 36.2 Å². The summed E-state index contributed by atoms with van der Waals surface area (Å²) in [6.45, 7) is 1.37. The van der Waals surface area contributed by atoms with Crippen LogP contribution in [-0.2, 0) is 22.5 Å². The number of amides is 1. The first-order chi connectivity index (χ1) is 15.6. The number of aromatic nitrogens is 4. The molecule has 2 aromatic carbocycles. The third-order valence-electron chi connectivity index (χ3n) is 5.25. The van der Waals surface area contributed by atoms with Gasteiger partial charge in [0.25, 0.3) is 5.56 Å². The van der Waals surface area contributed by atoms with Crippen molar-refractivity contribution in [3.63, 3.8) is 0 Å². The fourth-order valence-corrected chi connectivity index (χ4v) is 3.65. The number of nitrogens with zero attached hydrogens (tertiary/aromatic N) is 4. The zero-order valence-corrected chi connectivity index (χ0v) is 17.8. The number of hydrogen-bond acceptors (Lipinski definition) is 5. The molecular formula is C23H24FN5O3. The summed E-state index contributed by atoms with van der Waals surface area (Å²) in [6, 6.07) is 13.2. The Bertz CT molecular complexity index is 1300. The number of carbonyl (C=O) groups is 1.